The van der Waals surface area contributed by atoms with E-state index in [1.807, 2.05) is 12.1 Å². The number of fused-ring (bicyclic) bond motifs is 2. The van der Waals surface area contributed by atoms with Crippen molar-refractivity contribution in [2.24, 2.45) is 5.73 Å². The van der Waals surface area contributed by atoms with Crippen LogP contribution in [-0.2, 0) is 6.54 Å². The van der Waals surface area contributed by atoms with Crippen LogP contribution < -0.4 is 46.6 Å². The van der Waals surface area contributed by atoms with Crippen LogP contribution in [0.15, 0.2) is 29.1 Å². The Morgan fingerprint density at radius 3 is 2.55 bits per heavy atom. The second-order valence-corrected chi connectivity index (χ2v) is 6.87. The molecule has 4 rings (SSSR count). The molecule has 2 heterocycles. The highest BCUT2D eigenvalue weighted by Gasteiger charge is 2.23. The molecular formula is C20H25Cl2N5O4. The van der Waals surface area contributed by atoms with Crippen LogP contribution in [0.1, 0.15) is 15.0 Å². The van der Waals surface area contributed by atoms with Crippen LogP contribution in [-0.4, -0.2) is 51.2 Å². The van der Waals surface area contributed by atoms with Crippen molar-refractivity contribution in [1.29, 1.82) is 0 Å². The Balaban J connectivity index is 0.00000256. The number of phenols is 1. The Hall–Kier alpha value is -2.56. The summed E-state index contributed by atoms with van der Waals surface area (Å²) in [4.78, 5) is 12.5. The number of nitrogens with zero attached hydrogens (tertiary/aromatic N) is 2. The molecule has 0 spiro atoms. The molecule has 0 atom stereocenters. The fourth-order valence-corrected chi connectivity index (χ4v) is 3.69. The van der Waals surface area contributed by atoms with Crippen molar-refractivity contribution in [1.82, 2.24) is 14.9 Å². The van der Waals surface area contributed by atoms with Crippen LogP contribution in [0.4, 0.5) is 5.69 Å². The number of phenolic OH excluding ortho intramolecular Hbond substituents is 1. The summed E-state index contributed by atoms with van der Waals surface area (Å²) in [7, 11) is 0. The molecule has 2 aromatic heterocycles. The topological polar surface area (TPSA) is 145 Å². The third-order valence-electron chi connectivity index (χ3n) is 5.00. The molecule has 0 amide bonds. The fourth-order valence-electron chi connectivity index (χ4n) is 3.69. The normalized spacial score (nSPS) is 11.0. The first-order valence-corrected chi connectivity index (χ1v) is 9.48. The Morgan fingerprint density at radius 1 is 1.06 bits per heavy atom. The van der Waals surface area contributed by atoms with E-state index in [0.29, 0.717) is 48.5 Å². The first-order valence-electron chi connectivity index (χ1n) is 9.48. The van der Waals surface area contributed by atoms with E-state index >= 15 is 0 Å². The standard InChI is InChI=1S/C20H23N5O4.2ClH/c21-6-1-7-23-12-3-2-11-13(10-22-8-9-26)24-25-18(11)16(12)20(29)17-14(27)4-5-15(28)19(17)25;;/h2-5,22-23,26,28-29H,1,6-10,21H2;2*1H. The number of aliphatic hydroxyl groups is 1. The smallest absolute Gasteiger partial charge is 1.00 e. The Morgan fingerprint density at radius 2 is 1.84 bits per heavy atom. The van der Waals surface area contributed by atoms with Crippen molar-refractivity contribution in [2.75, 3.05) is 31.6 Å². The number of halogens is 2. The molecule has 0 aliphatic carbocycles. The number of hydrogen-bond donors (Lipinski definition) is 6. The number of pyridine rings is 1. The van der Waals surface area contributed by atoms with E-state index in [1.54, 1.807) is 0 Å². The average molecular weight is 470 g/mol. The predicted octanol–water partition coefficient (Wildman–Crippen LogP) is -5.07. The molecule has 0 saturated carbocycles. The van der Waals surface area contributed by atoms with Gasteiger partial charge in [-0.25, -0.2) is 4.52 Å². The van der Waals surface area contributed by atoms with Crippen LogP contribution in [0.25, 0.3) is 27.2 Å². The zero-order valence-electron chi connectivity index (χ0n) is 18.5. The van der Waals surface area contributed by atoms with Crippen molar-refractivity contribution >= 4 is 32.9 Å². The lowest BCUT2D eigenvalue weighted by atomic mass is 10.0. The molecule has 168 valence electrons. The number of aliphatic hydroxyl groups excluding tert-OH is 1. The summed E-state index contributed by atoms with van der Waals surface area (Å²) in [5, 5.41) is 42.7. The monoisotopic (exact) mass is 469 g/mol. The summed E-state index contributed by atoms with van der Waals surface area (Å²) in [6.45, 7) is 1.93. The summed E-state index contributed by atoms with van der Waals surface area (Å²) >= 11 is 0. The number of nitrogens with one attached hydrogen (secondary N) is 2. The molecule has 11 heteroatoms. The van der Waals surface area contributed by atoms with Gasteiger partial charge in [-0.15, -0.1) is 0 Å². The summed E-state index contributed by atoms with van der Waals surface area (Å²) in [6, 6.07) is 6.26. The third-order valence-corrected chi connectivity index (χ3v) is 5.00. The van der Waals surface area contributed by atoms with E-state index in [-0.39, 0.29) is 56.7 Å². The van der Waals surface area contributed by atoms with Gasteiger partial charge in [0.15, 0.2) is 5.43 Å². The van der Waals surface area contributed by atoms with E-state index in [4.69, 9.17) is 10.8 Å². The molecule has 0 saturated heterocycles. The highest BCUT2D eigenvalue weighted by atomic mass is 35.5. The number of aromatic nitrogens is 2. The van der Waals surface area contributed by atoms with E-state index in [9.17, 15) is 15.0 Å². The SMILES string of the molecule is NCCCNc1ccc2c(CNCCO)nn3c4c(O)ccc(=O)c4c(O)c1c23.[Cl-].[Cl-].[H+].[H+]. The minimum Gasteiger partial charge on any atom is -1.00 e. The zero-order valence-corrected chi connectivity index (χ0v) is 18.0. The van der Waals surface area contributed by atoms with Crippen LogP contribution in [0.2, 0.25) is 0 Å². The van der Waals surface area contributed by atoms with Crippen LogP contribution in [0, 0.1) is 0 Å². The first kappa shape index (κ1) is 24.7. The number of benzene rings is 2. The van der Waals surface area contributed by atoms with Gasteiger partial charge < -0.3 is 56.5 Å². The predicted molar refractivity (Wildman–Crippen MR) is 114 cm³/mol. The highest BCUT2D eigenvalue weighted by Crippen LogP contribution is 2.42. The van der Waals surface area contributed by atoms with E-state index < -0.39 is 5.43 Å². The maximum atomic E-state index is 12.5. The van der Waals surface area contributed by atoms with Gasteiger partial charge in [-0.1, -0.05) is 0 Å². The lowest BCUT2D eigenvalue weighted by Gasteiger charge is -2.14. The van der Waals surface area contributed by atoms with Crippen molar-refractivity contribution in [3.05, 3.63) is 40.2 Å². The molecule has 0 aliphatic heterocycles. The maximum absolute atomic E-state index is 12.5. The summed E-state index contributed by atoms with van der Waals surface area (Å²) in [6.07, 6.45) is 0.748. The van der Waals surface area contributed by atoms with Gasteiger partial charge in [0.25, 0.3) is 0 Å². The number of anilines is 1. The molecule has 0 aliphatic rings. The Labute approximate surface area is 193 Å². The summed E-state index contributed by atoms with van der Waals surface area (Å²) in [5.74, 6) is -0.332. The number of rotatable bonds is 8. The molecular weight excluding hydrogens is 445 g/mol. The summed E-state index contributed by atoms with van der Waals surface area (Å²) < 4.78 is 1.51. The molecule has 31 heavy (non-hydrogen) atoms. The third kappa shape index (κ3) is 4.15. The van der Waals surface area contributed by atoms with E-state index in [0.717, 1.165) is 11.8 Å². The molecule has 0 fully saturated rings. The summed E-state index contributed by atoms with van der Waals surface area (Å²) in [5.41, 5.74) is 7.29. The number of nitrogens with two attached hydrogens (primary N) is 1. The Kier molecular flexibility index (Phi) is 8.10. The van der Waals surface area contributed by atoms with Crippen molar-refractivity contribution < 1.29 is 43.0 Å². The molecule has 7 N–H and O–H groups in total. The van der Waals surface area contributed by atoms with Gasteiger partial charge in [0.2, 0.25) is 0 Å². The lowest BCUT2D eigenvalue weighted by molar-refractivity contribution is -0.001000. The average Bonchev–Trinajstić information content (AvgIpc) is 3.07. The quantitative estimate of drug-likeness (QED) is 0.111. The van der Waals surface area contributed by atoms with Crippen LogP contribution >= 0.6 is 0 Å². The Bertz CT molecular complexity index is 1260. The van der Waals surface area contributed by atoms with Gasteiger partial charge in [0.05, 0.1) is 28.6 Å². The maximum Gasteiger partial charge on any atom is 1.00 e. The van der Waals surface area contributed by atoms with Gasteiger partial charge in [-0.2, -0.15) is 5.10 Å². The second kappa shape index (κ2) is 10.2. The molecule has 0 unspecified atom stereocenters. The molecule has 0 radical (unpaired) electrons. The van der Waals surface area contributed by atoms with Gasteiger partial charge in [0.1, 0.15) is 17.0 Å². The highest BCUT2D eigenvalue weighted by molar-refractivity contribution is 6.14. The minimum absolute atomic E-state index is 0. The molecule has 4 aromatic rings. The van der Waals surface area contributed by atoms with E-state index in [1.165, 1.54) is 16.6 Å². The molecule has 9 nitrogen and oxygen atoms in total. The largest absolute Gasteiger partial charge is 1.00 e. The second-order valence-electron chi connectivity index (χ2n) is 6.87. The fraction of sp³-hybridized carbons (Fsp3) is 0.300. The lowest BCUT2D eigenvalue weighted by Crippen LogP contribution is -3.00. The van der Waals surface area contributed by atoms with Gasteiger partial charge in [0, 0.05) is 30.7 Å². The van der Waals surface area contributed by atoms with Gasteiger partial charge in [-0.05, 0) is 37.2 Å². The molecule has 2 aromatic carbocycles. The molecule has 0 bridgehead atoms. The first-order chi connectivity index (χ1) is 14.1. The van der Waals surface area contributed by atoms with Crippen LogP contribution in [0.3, 0.4) is 0 Å². The van der Waals surface area contributed by atoms with Crippen molar-refractivity contribution in [2.45, 2.75) is 13.0 Å². The number of hydrogen-bond acceptors (Lipinski definition) is 8. The van der Waals surface area contributed by atoms with Gasteiger partial charge in [-0.3, -0.25) is 4.79 Å². The van der Waals surface area contributed by atoms with Crippen molar-refractivity contribution in [3.63, 3.8) is 0 Å². The van der Waals surface area contributed by atoms with Crippen molar-refractivity contribution in [3.8, 4) is 11.5 Å². The number of aromatic hydroxyl groups is 2. The minimum atomic E-state index is -0.402. The zero-order chi connectivity index (χ0) is 20.5. The van der Waals surface area contributed by atoms with Crippen LogP contribution in [0.5, 0.6) is 11.5 Å². The van der Waals surface area contributed by atoms with Gasteiger partial charge >= 0.3 is 2.85 Å². The van der Waals surface area contributed by atoms with E-state index in [2.05, 4.69) is 15.7 Å².